The van der Waals surface area contributed by atoms with E-state index in [1.54, 1.807) is 12.4 Å². The Bertz CT molecular complexity index is 496. The van der Waals surface area contributed by atoms with Crippen LogP contribution in [0.15, 0.2) is 36.7 Å². The number of fused-ring (bicyclic) bond motifs is 1. The van der Waals surface area contributed by atoms with E-state index in [1.165, 1.54) is 11.1 Å². The van der Waals surface area contributed by atoms with Crippen molar-refractivity contribution < 1.29 is 0 Å². The van der Waals surface area contributed by atoms with Gasteiger partial charge in [0.05, 0.1) is 18.1 Å². The molecule has 0 atom stereocenters. The van der Waals surface area contributed by atoms with E-state index in [4.69, 9.17) is 5.73 Å². The molecule has 1 aliphatic rings. The summed E-state index contributed by atoms with van der Waals surface area (Å²) >= 11 is 0. The number of nitrogens with two attached hydrogens (primary N) is 1. The van der Waals surface area contributed by atoms with Gasteiger partial charge in [-0.15, -0.1) is 0 Å². The quantitative estimate of drug-likeness (QED) is 0.817. The summed E-state index contributed by atoms with van der Waals surface area (Å²) in [5.41, 5.74) is 8.97. The van der Waals surface area contributed by atoms with Crippen molar-refractivity contribution in [2.45, 2.75) is 18.9 Å². The van der Waals surface area contributed by atoms with E-state index in [-0.39, 0.29) is 0 Å². The second kappa shape index (κ2) is 4.05. The molecular formula is C13H14N4. The molecule has 0 aliphatic heterocycles. The van der Waals surface area contributed by atoms with Gasteiger partial charge in [0, 0.05) is 6.04 Å². The number of aromatic nitrogens is 2. The van der Waals surface area contributed by atoms with Crippen LogP contribution in [0.2, 0.25) is 0 Å². The number of anilines is 2. The summed E-state index contributed by atoms with van der Waals surface area (Å²) in [5.74, 6) is 0.650. The van der Waals surface area contributed by atoms with Gasteiger partial charge in [0.25, 0.3) is 0 Å². The van der Waals surface area contributed by atoms with E-state index in [0.717, 1.165) is 12.8 Å². The first kappa shape index (κ1) is 10.1. The van der Waals surface area contributed by atoms with Crippen LogP contribution in [0, 0.1) is 0 Å². The van der Waals surface area contributed by atoms with E-state index >= 15 is 0 Å². The van der Waals surface area contributed by atoms with E-state index in [9.17, 15) is 0 Å². The third-order valence-electron chi connectivity index (χ3n) is 3.06. The van der Waals surface area contributed by atoms with Crippen molar-refractivity contribution in [3.05, 3.63) is 47.8 Å². The van der Waals surface area contributed by atoms with Gasteiger partial charge in [-0.3, -0.25) is 0 Å². The van der Waals surface area contributed by atoms with Crippen LogP contribution in [0.1, 0.15) is 11.1 Å². The van der Waals surface area contributed by atoms with Crippen LogP contribution < -0.4 is 11.1 Å². The number of rotatable bonds is 2. The lowest BCUT2D eigenvalue weighted by molar-refractivity contribution is 0.762. The average Bonchev–Trinajstić information content (AvgIpc) is 2.74. The highest BCUT2D eigenvalue weighted by atomic mass is 15.1. The smallest absolute Gasteiger partial charge is 0.222 e. The highest BCUT2D eigenvalue weighted by Crippen LogP contribution is 2.23. The lowest BCUT2D eigenvalue weighted by Crippen LogP contribution is -2.21. The van der Waals surface area contributed by atoms with E-state index < -0.39 is 0 Å². The zero-order valence-corrected chi connectivity index (χ0v) is 9.43. The predicted molar refractivity (Wildman–Crippen MR) is 67.7 cm³/mol. The van der Waals surface area contributed by atoms with Crippen molar-refractivity contribution in [1.29, 1.82) is 0 Å². The van der Waals surface area contributed by atoms with E-state index in [2.05, 4.69) is 39.6 Å². The molecule has 0 spiro atoms. The number of nitrogens with zero attached hydrogens (tertiary/aromatic N) is 2. The van der Waals surface area contributed by atoms with Gasteiger partial charge >= 0.3 is 0 Å². The summed E-state index contributed by atoms with van der Waals surface area (Å²) in [4.78, 5) is 8.31. The zero-order valence-electron chi connectivity index (χ0n) is 9.43. The molecule has 0 bridgehead atoms. The Hall–Kier alpha value is -2.10. The van der Waals surface area contributed by atoms with Gasteiger partial charge in [-0.25, -0.2) is 9.97 Å². The van der Waals surface area contributed by atoms with Crippen LogP contribution in [0.4, 0.5) is 11.6 Å². The monoisotopic (exact) mass is 226 g/mol. The second-order valence-electron chi connectivity index (χ2n) is 4.36. The largest absolute Gasteiger partial charge is 0.396 e. The molecule has 0 amide bonds. The maximum Gasteiger partial charge on any atom is 0.222 e. The van der Waals surface area contributed by atoms with Crippen LogP contribution in [-0.4, -0.2) is 16.0 Å². The van der Waals surface area contributed by atoms with Gasteiger partial charge in [-0.05, 0) is 24.0 Å². The zero-order chi connectivity index (χ0) is 11.7. The molecule has 0 saturated carbocycles. The fraction of sp³-hybridized carbons (Fsp3) is 0.231. The van der Waals surface area contributed by atoms with Crippen LogP contribution >= 0.6 is 0 Å². The Morgan fingerprint density at radius 3 is 2.24 bits per heavy atom. The van der Waals surface area contributed by atoms with Crippen molar-refractivity contribution >= 4 is 11.6 Å². The van der Waals surface area contributed by atoms with Gasteiger partial charge in [0.2, 0.25) is 5.95 Å². The second-order valence-corrected chi connectivity index (χ2v) is 4.36. The molecule has 0 fully saturated rings. The van der Waals surface area contributed by atoms with Gasteiger partial charge in [0.1, 0.15) is 0 Å². The lowest BCUT2D eigenvalue weighted by atomic mass is 10.1. The molecule has 1 aromatic heterocycles. The minimum atomic E-state index is 0.385. The average molecular weight is 226 g/mol. The molecule has 1 aromatic carbocycles. The van der Waals surface area contributed by atoms with Crippen LogP contribution in [0.3, 0.4) is 0 Å². The third kappa shape index (κ3) is 2.06. The summed E-state index contributed by atoms with van der Waals surface area (Å²) in [6.07, 6.45) is 5.31. The molecule has 4 heteroatoms. The third-order valence-corrected chi connectivity index (χ3v) is 3.06. The Labute approximate surface area is 99.9 Å². The molecule has 17 heavy (non-hydrogen) atoms. The molecule has 0 unspecified atom stereocenters. The van der Waals surface area contributed by atoms with Crippen molar-refractivity contribution in [2.24, 2.45) is 0 Å². The summed E-state index contributed by atoms with van der Waals surface area (Å²) in [6.45, 7) is 0. The summed E-state index contributed by atoms with van der Waals surface area (Å²) in [7, 11) is 0. The predicted octanol–water partition coefficient (Wildman–Crippen LogP) is 1.64. The van der Waals surface area contributed by atoms with Crippen molar-refractivity contribution in [2.75, 3.05) is 11.1 Å². The van der Waals surface area contributed by atoms with Crippen molar-refractivity contribution in [1.82, 2.24) is 9.97 Å². The lowest BCUT2D eigenvalue weighted by Gasteiger charge is -2.11. The van der Waals surface area contributed by atoms with Crippen molar-refractivity contribution in [3.8, 4) is 0 Å². The molecule has 0 saturated heterocycles. The number of hydrogen-bond acceptors (Lipinski definition) is 4. The Morgan fingerprint density at radius 1 is 1.06 bits per heavy atom. The van der Waals surface area contributed by atoms with E-state index in [1.807, 2.05) is 0 Å². The van der Waals surface area contributed by atoms with Crippen LogP contribution in [-0.2, 0) is 12.8 Å². The summed E-state index contributed by atoms with van der Waals surface area (Å²) < 4.78 is 0. The highest BCUT2D eigenvalue weighted by molar-refractivity contribution is 5.40. The molecule has 1 aliphatic carbocycles. The van der Waals surface area contributed by atoms with Gasteiger partial charge in [-0.2, -0.15) is 0 Å². The van der Waals surface area contributed by atoms with E-state index in [0.29, 0.717) is 17.7 Å². The topological polar surface area (TPSA) is 63.8 Å². The molecule has 3 N–H and O–H groups in total. The maximum absolute atomic E-state index is 5.55. The van der Waals surface area contributed by atoms with Gasteiger partial charge in [-0.1, -0.05) is 24.3 Å². The highest BCUT2D eigenvalue weighted by Gasteiger charge is 2.21. The van der Waals surface area contributed by atoms with Crippen LogP contribution in [0.5, 0.6) is 0 Å². The standard InChI is InChI=1S/C13H14N4/c14-11-7-15-13(16-8-11)17-12-5-9-3-1-2-4-10(9)6-12/h1-4,7-8,12H,5-6,14H2,(H,15,16,17). The molecular weight excluding hydrogens is 212 g/mol. The SMILES string of the molecule is Nc1cnc(NC2Cc3ccccc3C2)nc1. The van der Waals surface area contributed by atoms with Gasteiger partial charge in [0.15, 0.2) is 0 Å². The fourth-order valence-corrected chi connectivity index (χ4v) is 2.26. The Kier molecular flexibility index (Phi) is 2.40. The fourth-order valence-electron chi connectivity index (χ4n) is 2.26. The van der Waals surface area contributed by atoms with Crippen LogP contribution in [0.25, 0.3) is 0 Å². The minimum absolute atomic E-state index is 0.385. The number of hydrogen-bond donors (Lipinski definition) is 2. The number of nitrogen functional groups attached to an aromatic ring is 1. The molecule has 0 radical (unpaired) electrons. The first-order valence-electron chi connectivity index (χ1n) is 5.72. The normalized spacial score (nSPS) is 14.6. The van der Waals surface area contributed by atoms with Gasteiger partial charge < -0.3 is 11.1 Å². The molecule has 2 aromatic rings. The maximum atomic E-state index is 5.55. The number of nitrogens with one attached hydrogen (secondary N) is 1. The molecule has 3 rings (SSSR count). The summed E-state index contributed by atoms with van der Waals surface area (Å²) in [6, 6.07) is 8.92. The summed E-state index contributed by atoms with van der Waals surface area (Å²) in [5, 5.41) is 3.34. The molecule has 86 valence electrons. The molecule has 1 heterocycles. The van der Waals surface area contributed by atoms with Crippen molar-refractivity contribution in [3.63, 3.8) is 0 Å². The Balaban J connectivity index is 1.71. The number of benzene rings is 1. The molecule has 4 nitrogen and oxygen atoms in total. The minimum Gasteiger partial charge on any atom is -0.396 e. The first-order valence-corrected chi connectivity index (χ1v) is 5.72. The Morgan fingerprint density at radius 2 is 1.65 bits per heavy atom. The first-order chi connectivity index (χ1) is 8.31.